The van der Waals surface area contributed by atoms with Crippen LogP contribution in [0.4, 0.5) is 23.5 Å². The maximum absolute atomic E-state index is 12.6. The molecule has 0 saturated carbocycles. The van der Waals surface area contributed by atoms with Crippen LogP contribution >= 0.6 is 0 Å². The summed E-state index contributed by atoms with van der Waals surface area (Å²) in [5.74, 6) is 0.800. The first-order chi connectivity index (χ1) is 18.7. The van der Waals surface area contributed by atoms with Crippen LogP contribution in [-0.4, -0.2) is 83.6 Å². The molecule has 0 atom stereocenters. The number of amides is 1. The fourth-order valence-corrected chi connectivity index (χ4v) is 3.16. The molecule has 0 spiro atoms. The van der Waals surface area contributed by atoms with Crippen molar-refractivity contribution in [1.82, 2.24) is 25.3 Å². The summed E-state index contributed by atoms with van der Waals surface area (Å²) < 4.78 is 10.7. The summed E-state index contributed by atoms with van der Waals surface area (Å²) in [5, 5.41) is 21.3. The number of nitrogens with one attached hydrogen (secondary N) is 4. The van der Waals surface area contributed by atoms with Gasteiger partial charge in [0.1, 0.15) is 0 Å². The summed E-state index contributed by atoms with van der Waals surface area (Å²) in [7, 11) is 0. The Balaban J connectivity index is 1.59. The summed E-state index contributed by atoms with van der Waals surface area (Å²) in [6, 6.07) is 10.8. The molecule has 3 rings (SSSR count). The first-order valence-electron chi connectivity index (χ1n) is 12.4. The summed E-state index contributed by atoms with van der Waals surface area (Å²) >= 11 is 0. The average Bonchev–Trinajstić information content (AvgIpc) is 2.94. The lowest BCUT2D eigenvalue weighted by molar-refractivity contribution is 0.0511. The van der Waals surface area contributed by atoms with Crippen molar-refractivity contribution < 1.29 is 19.4 Å². The second-order valence-corrected chi connectivity index (χ2v) is 7.99. The standard InChI is InChI=1S/C25H35N9O4/c26-7-13-37-15-16-38-14-11-28-22(36)20-3-1-4-21(17-20)31-25-33-23(29-8-2-12-35)32-24(34-25)30-18-19-5-9-27-10-6-19/h1,3-6,9-10,17,35H,2,7-8,11-16,18,26H2,(H,28,36)(H3,29,30,31,32,33,34). The molecule has 3 aromatic rings. The van der Waals surface area contributed by atoms with Gasteiger partial charge in [-0.3, -0.25) is 9.78 Å². The van der Waals surface area contributed by atoms with Crippen molar-refractivity contribution in [3.05, 3.63) is 59.9 Å². The first kappa shape index (κ1) is 28.7. The van der Waals surface area contributed by atoms with Gasteiger partial charge in [-0.25, -0.2) is 0 Å². The molecule has 13 heteroatoms. The van der Waals surface area contributed by atoms with E-state index in [0.717, 1.165) is 5.56 Å². The van der Waals surface area contributed by atoms with Gasteiger partial charge in [0.05, 0.1) is 26.4 Å². The topological polar surface area (TPSA) is 181 Å². The van der Waals surface area contributed by atoms with Crippen LogP contribution in [0.1, 0.15) is 22.3 Å². The molecule has 0 aliphatic carbocycles. The fraction of sp³-hybridized carbons (Fsp3) is 0.400. The van der Waals surface area contributed by atoms with E-state index in [-0.39, 0.29) is 12.5 Å². The first-order valence-corrected chi connectivity index (χ1v) is 12.4. The second-order valence-electron chi connectivity index (χ2n) is 7.99. The Labute approximate surface area is 221 Å². The number of pyridine rings is 1. The number of ether oxygens (including phenoxy) is 2. The molecule has 7 N–H and O–H groups in total. The quantitative estimate of drug-likeness (QED) is 0.130. The average molecular weight is 526 g/mol. The third-order valence-corrected chi connectivity index (χ3v) is 5.00. The minimum atomic E-state index is -0.224. The van der Waals surface area contributed by atoms with Gasteiger partial charge in [0.2, 0.25) is 17.8 Å². The maximum atomic E-state index is 12.6. The van der Waals surface area contributed by atoms with Gasteiger partial charge >= 0.3 is 0 Å². The van der Waals surface area contributed by atoms with Crippen molar-refractivity contribution in [1.29, 1.82) is 0 Å². The number of aromatic nitrogens is 4. The van der Waals surface area contributed by atoms with E-state index in [4.69, 9.17) is 20.3 Å². The molecule has 0 unspecified atom stereocenters. The predicted molar refractivity (Wildman–Crippen MR) is 144 cm³/mol. The summed E-state index contributed by atoms with van der Waals surface area (Å²) in [4.78, 5) is 29.9. The number of anilines is 4. The lowest BCUT2D eigenvalue weighted by atomic mass is 10.2. The molecule has 2 aromatic heterocycles. The van der Waals surface area contributed by atoms with Crippen molar-refractivity contribution in [3.8, 4) is 0 Å². The highest BCUT2D eigenvalue weighted by Crippen LogP contribution is 2.18. The van der Waals surface area contributed by atoms with Gasteiger partial charge < -0.3 is 41.6 Å². The highest BCUT2D eigenvalue weighted by Gasteiger charge is 2.10. The zero-order valence-electron chi connectivity index (χ0n) is 21.2. The van der Waals surface area contributed by atoms with Gasteiger partial charge in [-0.2, -0.15) is 15.0 Å². The normalized spacial score (nSPS) is 10.7. The van der Waals surface area contributed by atoms with Gasteiger partial charge in [0.25, 0.3) is 5.91 Å². The molecule has 13 nitrogen and oxygen atoms in total. The van der Waals surface area contributed by atoms with E-state index in [1.165, 1.54) is 0 Å². The summed E-state index contributed by atoms with van der Waals surface area (Å²) in [6.45, 7) is 3.70. The summed E-state index contributed by atoms with van der Waals surface area (Å²) in [5.41, 5.74) is 7.50. The highest BCUT2D eigenvalue weighted by molar-refractivity contribution is 5.95. The van der Waals surface area contributed by atoms with Crippen LogP contribution in [0.3, 0.4) is 0 Å². The van der Waals surface area contributed by atoms with Crippen molar-refractivity contribution in [2.75, 3.05) is 68.6 Å². The van der Waals surface area contributed by atoms with Crippen molar-refractivity contribution >= 4 is 29.4 Å². The minimum Gasteiger partial charge on any atom is -0.396 e. The number of carbonyl (C=O) groups is 1. The number of benzene rings is 1. The fourth-order valence-electron chi connectivity index (χ4n) is 3.16. The lowest BCUT2D eigenvalue weighted by Gasteiger charge is -2.12. The third kappa shape index (κ3) is 10.6. The van der Waals surface area contributed by atoms with Gasteiger partial charge in [0, 0.05) is 56.4 Å². The Morgan fingerprint density at radius 1 is 0.895 bits per heavy atom. The number of nitrogens with zero attached hydrogens (tertiary/aromatic N) is 4. The molecule has 0 bridgehead atoms. The number of nitrogens with two attached hydrogens (primary N) is 1. The SMILES string of the molecule is NCCOCCOCCNC(=O)c1cccc(Nc2nc(NCCCO)nc(NCc3ccncc3)n2)c1. The second kappa shape index (κ2) is 16.8. The van der Waals surface area contributed by atoms with Crippen LogP contribution in [0.25, 0.3) is 0 Å². The molecule has 1 amide bonds. The van der Waals surface area contributed by atoms with E-state index in [2.05, 4.69) is 41.2 Å². The third-order valence-electron chi connectivity index (χ3n) is 5.00. The van der Waals surface area contributed by atoms with Gasteiger partial charge in [-0.15, -0.1) is 0 Å². The molecule has 1 aromatic carbocycles. The number of carbonyl (C=O) groups excluding carboxylic acids is 1. The number of aliphatic hydroxyl groups is 1. The van der Waals surface area contributed by atoms with Crippen molar-refractivity contribution in [3.63, 3.8) is 0 Å². The molecule has 2 heterocycles. The Bertz CT molecular complexity index is 1110. The van der Waals surface area contributed by atoms with Crippen LogP contribution in [0, 0.1) is 0 Å². The number of hydrogen-bond donors (Lipinski definition) is 6. The minimum absolute atomic E-state index is 0.0561. The molecule has 0 fully saturated rings. The highest BCUT2D eigenvalue weighted by atomic mass is 16.5. The van der Waals surface area contributed by atoms with E-state index in [1.54, 1.807) is 30.6 Å². The largest absolute Gasteiger partial charge is 0.396 e. The zero-order valence-corrected chi connectivity index (χ0v) is 21.2. The molecule has 0 saturated heterocycles. The van der Waals surface area contributed by atoms with Crippen LogP contribution < -0.4 is 27.0 Å². The molecule has 0 aliphatic heterocycles. The molecule has 204 valence electrons. The smallest absolute Gasteiger partial charge is 0.251 e. The Morgan fingerprint density at radius 3 is 2.39 bits per heavy atom. The van der Waals surface area contributed by atoms with E-state index >= 15 is 0 Å². The van der Waals surface area contributed by atoms with E-state index in [9.17, 15) is 4.79 Å². The Morgan fingerprint density at radius 2 is 1.63 bits per heavy atom. The van der Waals surface area contributed by atoms with E-state index in [1.807, 2.05) is 18.2 Å². The van der Waals surface area contributed by atoms with E-state index < -0.39 is 0 Å². The molecular formula is C25H35N9O4. The molecule has 0 radical (unpaired) electrons. The monoisotopic (exact) mass is 525 g/mol. The van der Waals surface area contributed by atoms with E-state index in [0.29, 0.717) is 88.1 Å². The van der Waals surface area contributed by atoms with Crippen molar-refractivity contribution in [2.45, 2.75) is 13.0 Å². The van der Waals surface area contributed by atoms with Crippen LogP contribution in [0.15, 0.2) is 48.8 Å². The number of rotatable bonds is 18. The molecule has 0 aliphatic rings. The number of hydrogen-bond acceptors (Lipinski definition) is 12. The number of aliphatic hydroxyl groups excluding tert-OH is 1. The van der Waals surface area contributed by atoms with Crippen LogP contribution in [0.2, 0.25) is 0 Å². The van der Waals surface area contributed by atoms with Crippen molar-refractivity contribution in [2.24, 2.45) is 5.73 Å². The Hall–Kier alpha value is -3.91. The van der Waals surface area contributed by atoms with Crippen LogP contribution in [-0.2, 0) is 16.0 Å². The molecular weight excluding hydrogens is 490 g/mol. The lowest BCUT2D eigenvalue weighted by Crippen LogP contribution is -2.27. The predicted octanol–water partition coefficient (Wildman–Crippen LogP) is 1.14. The van der Waals surface area contributed by atoms with Gasteiger partial charge in [-0.1, -0.05) is 6.07 Å². The zero-order chi connectivity index (χ0) is 26.8. The summed E-state index contributed by atoms with van der Waals surface area (Å²) in [6.07, 6.45) is 3.99. The maximum Gasteiger partial charge on any atom is 0.251 e. The Kier molecular flexibility index (Phi) is 12.6. The van der Waals surface area contributed by atoms with Crippen LogP contribution in [0.5, 0.6) is 0 Å². The molecule has 38 heavy (non-hydrogen) atoms. The van der Waals surface area contributed by atoms with Gasteiger partial charge in [0.15, 0.2) is 0 Å². The van der Waals surface area contributed by atoms with Gasteiger partial charge in [-0.05, 0) is 42.3 Å².